The molecule has 1 aliphatic carbocycles. The van der Waals surface area contributed by atoms with Crippen LogP contribution in [0.25, 0.3) is 0 Å². The first-order chi connectivity index (χ1) is 6.38. The first-order valence-corrected chi connectivity index (χ1v) is 5.09. The molecule has 2 rings (SSSR count). The highest BCUT2D eigenvalue weighted by Crippen LogP contribution is 2.33. The topological polar surface area (TPSA) is 26.0 Å². The smallest absolute Gasteiger partial charge is 0.0323 e. The Hall–Kier alpha value is -0.820. The van der Waals surface area contributed by atoms with Gasteiger partial charge in [0.25, 0.3) is 0 Å². The molecule has 1 atom stereocenters. The van der Waals surface area contributed by atoms with Gasteiger partial charge < -0.3 is 5.73 Å². The summed E-state index contributed by atoms with van der Waals surface area (Å²) in [4.78, 5) is 0. The van der Waals surface area contributed by atoms with Crippen LogP contribution < -0.4 is 5.73 Å². The van der Waals surface area contributed by atoms with E-state index in [-0.39, 0.29) is 6.04 Å². The quantitative estimate of drug-likeness (QED) is 0.733. The van der Waals surface area contributed by atoms with E-state index in [0.29, 0.717) is 5.92 Å². The lowest BCUT2D eigenvalue weighted by Crippen LogP contribution is -2.18. The second kappa shape index (κ2) is 3.93. The minimum absolute atomic E-state index is 0.247. The molecule has 0 aromatic heterocycles. The van der Waals surface area contributed by atoms with Crippen molar-refractivity contribution in [3.8, 4) is 0 Å². The van der Waals surface area contributed by atoms with Crippen LogP contribution in [0.15, 0.2) is 24.3 Å². The molecule has 0 spiro atoms. The number of hydrogen-bond donors (Lipinski definition) is 1. The largest absolute Gasteiger partial charge is 0.324 e. The molecular formula is C12H16N. The third kappa shape index (κ3) is 1.92. The van der Waals surface area contributed by atoms with Gasteiger partial charge in [0.05, 0.1) is 0 Å². The summed E-state index contributed by atoms with van der Waals surface area (Å²) in [7, 11) is 0. The molecular weight excluding hydrogens is 158 g/mol. The fraction of sp³-hybridized carbons (Fsp3) is 0.500. The maximum atomic E-state index is 6.19. The van der Waals surface area contributed by atoms with E-state index >= 15 is 0 Å². The molecule has 1 aliphatic rings. The average Bonchev–Trinajstić information content (AvgIpc) is 2.71. The summed E-state index contributed by atoms with van der Waals surface area (Å²) in [5, 5.41) is 0. The van der Waals surface area contributed by atoms with Crippen LogP contribution in [0.3, 0.4) is 0 Å². The predicted octanol–water partition coefficient (Wildman–Crippen LogP) is 2.68. The van der Waals surface area contributed by atoms with Crippen LogP contribution in [0.5, 0.6) is 0 Å². The lowest BCUT2D eigenvalue weighted by molar-refractivity contribution is 0.445. The molecule has 1 aromatic rings. The van der Waals surface area contributed by atoms with E-state index in [1.807, 2.05) is 12.1 Å². The third-order valence-electron chi connectivity index (χ3n) is 3.04. The highest BCUT2D eigenvalue weighted by atomic mass is 14.7. The molecule has 0 heterocycles. The van der Waals surface area contributed by atoms with E-state index in [1.54, 1.807) is 0 Å². The maximum absolute atomic E-state index is 6.19. The molecule has 1 saturated carbocycles. The Morgan fingerprint density at radius 3 is 2.46 bits per heavy atom. The first kappa shape index (κ1) is 8.76. The van der Waals surface area contributed by atoms with Gasteiger partial charge in [-0.05, 0) is 30.4 Å². The van der Waals surface area contributed by atoms with Gasteiger partial charge in [-0.3, -0.25) is 0 Å². The SMILES string of the molecule is NC(c1cc[c]cc1)C1CCCC1. The zero-order chi connectivity index (χ0) is 9.10. The molecule has 0 bridgehead atoms. The minimum atomic E-state index is 0.247. The molecule has 0 aliphatic heterocycles. The molecule has 1 fully saturated rings. The fourth-order valence-electron chi connectivity index (χ4n) is 2.21. The Balaban J connectivity index is 2.08. The van der Waals surface area contributed by atoms with E-state index in [2.05, 4.69) is 18.2 Å². The van der Waals surface area contributed by atoms with Crippen molar-refractivity contribution in [3.63, 3.8) is 0 Å². The Morgan fingerprint density at radius 2 is 1.85 bits per heavy atom. The van der Waals surface area contributed by atoms with Crippen molar-refractivity contribution in [1.82, 2.24) is 0 Å². The summed E-state index contributed by atoms with van der Waals surface area (Å²) >= 11 is 0. The minimum Gasteiger partial charge on any atom is -0.324 e. The normalized spacial score (nSPS) is 20.4. The van der Waals surface area contributed by atoms with Gasteiger partial charge in [0.15, 0.2) is 0 Å². The van der Waals surface area contributed by atoms with Gasteiger partial charge in [0.2, 0.25) is 0 Å². The molecule has 69 valence electrons. The molecule has 1 aromatic carbocycles. The Bertz CT molecular complexity index is 249. The van der Waals surface area contributed by atoms with Crippen molar-refractivity contribution in [3.05, 3.63) is 35.9 Å². The summed E-state index contributed by atoms with van der Waals surface area (Å²) in [6.07, 6.45) is 5.33. The molecule has 1 unspecified atom stereocenters. The van der Waals surface area contributed by atoms with Crippen LogP contribution in [-0.4, -0.2) is 0 Å². The zero-order valence-electron chi connectivity index (χ0n) is 7.87. The fourth-order valence-corrected chi connectivity index (χ4v) is 2.21. The van der Waals surface area contributed by atoms with E-state index in [1.165, 1.54) is 31.2 Å². The van der Waals surface area contributed by atoms with Gasteiger partial charge in [-0.25, -0.2) is 0 Å². The van der Waals surface area contributed by atoms with Crippen LogP contribution in [-0.2, 0) is 0 Å². The number of nitrogens with two attached hydrogens (primary N) is 1. The van der Waals surface area contributed by atoms with Gasteiger partial charge in [0, 0.05) is 6.04 Å². The highest BCUT2D eigenvalue weighted by Gasteiger charge is 2.22. The van der Waals surface area contributed by atoms with Crippen molar-refractivity contribution in [2.24, 2.45) is 11.7 Å². The predicted molar refractivity (Wildman–Crippen MR) is 54.2 cm³/mol. The average molecular weight is 174 g/mol. The zero-order valence-corrected chi connectivity index (χ0v) is 7.87. The van der Waals surface area contributed by atoms with Crippen LogP contribution in [0.1, 0.15) is 37.3 Å². The number of benzene rings is 1. The van der Waals surface area contributed by atoms with Crippen molar-refractivity contribution in [2.75, 3.05) is 0 Å². The van der Waals surface area contributed by atoms with Crippen LogP contribution in [0.2, 0.25) is 0 Å². The van der Waals surface area contributed by atoms with Crippen molar-refractivity contribution < 1.29 is 0 Å². The lowest BCUT2D eigenvalue weighted by atomic mass is 9.93. The highest BCUT2D eigenvalue weighted by molar-refractivity contribution is 5.18. The summed E-state index contributed by atoms with van der Waals surface area (Å²) < 4.78 is 0. The van der Waals surface area contributed by atoms with Crippen molar-refractivity contribution >= 4 is 0 Å². The second-order valence-corrected chi connectivity index (χ2v) is 3.90. The third-order valence-corrected chi connectivity index (χ3v) is 3.04. The molecule has 0 saturated heterocycles. The standard InChI is InChI=1S/C12H16N/c13-12(11-8-4-5-9-11)10-6-2-1-3-7-10/h2-3,6-7,11-12H,4-5,8-9,13H2. The lowest BCUT2D eigenvalue weighted by Gasteiger charge is -2.18. The van der Waals surface area contributed by atoms with E-state index in [0.717, 1.165) is 0 Å². The molecule has 2 N–H and O–H groups in total. The molecule has 1 radical (unpaired) electrons. The van der Waals surface area contributed by atoms with Crippen LogP contribution in [0, 0.1) is 12.0 Å². The monoisotopic (exact) mass is 174 g/mol. The summed E-state index contributed by atoms with van der Waals surface area (Å²) in [6.45, 7) is 0. The Morgan fingerprint density at radius 1 is 1.23 bits per heavy atom. The van der Waals surface area contributed by atoms with Gasteiger partial charge in [-0.15, -0.1) is 0 Å². The summed E-state index contributed by atoms with van der Waals surface area (Å²) in [5.74, 6) is 0.711. The number of hydrogen-bond acceptors (Lipinski definition) is 1. The van der Waals surface area contributed by atoms with E-state index in [4.69, 9.17) is 5.73 Å². The molecule has 13 heavy (non-hydrogen) atoms. The van der Waals surface area contributed by atoms with Gasteiger partial charge in [0.1, 0.15) is 0 Å². The van der Waals surface area contributed by atoms with Gasteiger partial charge >= 0.3 is 0 Å². The summed E-state index contributed by atoms with van der Waals surface area (Å²) in [5.41, 5.74) is 7.46. The summed E-state index contributed by atoms with van der Waals surface area (Å²) in [6, 6.07) is 11.3. The molecule has 1 nitrogen and oxygen atoms in total. The number of rotatable bonds is 2. The van der Waals surface area contributed by atoms with Crippen LogP contribution in [0.4, 0.5) is 0 Å². The molecule has 0 amide bonds. The van der Waals surface area contributed by atoms with Crippen LogP contribution >= 0.6 is 0 Å². The first-order valence-electron chi connectivity index (χ1n) is 5.09. The van der Waals surface area contributed by atoms with Gasteiger partial charge in [-0.1, -0.05) is 37.1 Å². The Labute approximate surface area is 80.0 Å². The van der Waals surface area contributed by atoms with Crippen molar-refractivity contribution in [1.29, 1.82) is 0 Å². The maximum Gasteiger partial charge on any atom is 0.0323 e. The van der Waals surface area contributed by atoms with E-state index < -0.39 is 0 Å². The van der Waals surface area contributed by atoms with Gasteiger partial charge in [-0.2, -0.15) is 0 Å². The second-order valence-electron chi connectivity index (χ2n) is 3.90. The molecule has 1 heteroatoms. The van der Waals surface area contributed by atoms with E-state index in [9.17, 15) is 0 Å². The Kier molecular flexibility index (Phi) is 2.65. The van der Waals surface area contributed by atoms with Crippen molar-refractivity contribution in [2.45, 2.75) is 31.7 Å².